The van der Waals surface area contributed by atoms with Crippen LogP contribution >= 0.6 is 0 Å². The fraction of sp³-hybridized carbons (Fsp3) is 0.278. The van der Waals surface area contributed by atoms with Gasteiger partial charge in [0.1, 0.15) is 5.82 Å². The van der Waals surface area contributed by atoms with E-state index in [1.54, 1.807) is 25.1 Å². The van der Waals surface area contributed by atoms with Gasteiger partial charge < -0.3 is 10.6 Å². The van der Waals surface area contributed by atoms with Gasteiger partial charge in [-0.15, -0.1) is 0 Å². The number of carbonyl (C=O) groups is 1. The van der Waals surface area contributed by atoms with Crippen LogP contribution in [0, 0.1) is 17.5 Å². The summed E-state index contributed by atoms with van der Waals surface area (Å²) in [7, 11) is 0. The highest BCUT2D eigenvalue weighted by molar-refractivity contribution is 5.78. The Morgan fingerprint density at radius 2 is 1.79 bits per heavy atom. The average Bonchev–Trinajstić information content (AvgIpc) is 2.57. The summed E-state index contributed by atoms with van der Waals surface area (Å²) in [6, 6.07) is 9.71. The van der Waals surface area contributed by atoms with E-state index >= 15 is 0 Å². The summed E-state index contributed by atoms with van der Waals surface area (Å²) in [5.41, 5.74) is 1.09. The number of nitrogens with one attached hydrogen (secondary N) is 2. The molecule has 0 saturated heterocycles. The van der Waals surface area contributed by atoms with Crippen molar-refractivity contribution in [3.63, 3.8) is 0 Å². The van der Waals surface area contributed by atoms with Crippen molar-refractivity contribution in [2.75, 3.05) is 13.1 Å². The van der Waals surface area contributed by atoms with E-state index in [9.17, 15) is 18.0 Å². The Morgan fingerprint density at radius 3 is 2.50 bits per heavy atom. The molecule has 2 aromatic rings. The number of amides is 1. The lowest BCUT2D eigenvalue weighted by Crippen LogP contribution is -2.36. The van der Waals surface area contributed by atoms with Gasteiger partial charge in [-0.2, -0.15) is 0 Å². The van der Waals surface area contributed by atoms with Crippen molar-refractivity contribution >= 4 is 5.91 Å². The zero-order valence-corrected chi connectivity index (χ0v) is 13.3. The quantitative estimate of drug-likeness (QED) is 0.816. The maximum atomic E-state index is 13.4. The van der Waals surface area contributed by atoms with Crippen molar-refractivity contribution in [2.45, 2.75) is 19.4 Å². The maximum absolute atomic E-state index is 13.4. The molecule has 0 aliphatic rings. The predicted octanol–water partition coefficient (Wildman–Crippen LogP) is 3.11. The van der Waals surface area contributed by atoms with Crippen molar-refractivity contribution in [1.29, 1.82) is 0 Å². The van der Waals surface area contributed by atoms with Gasteiger partial charge >= 0.3 is 0 Å². The Morgan fingerprint density at radius 1 is 1.04 bits per heavy atom. The van der Waals surface area contributed by atoms with Crippen molar-refractivity contribution in [3.8, 4) is 0 Å². The molecule has 0 fully saturated rings. The summed E-state index contributed by atoms with van der Waals surface area (Å²) in [6.45, 7) is 2.09. The minimum Gasteiger partial charge on any atom is -0.355 e. The number of benzene rings is 2. The third kappa shape index (κ3) is 5.09. The van der Waals surface area contributed by atoms with Crippen LogP contribution in [-0.2, 0) is 11.2 Å². The maximum Gasteiger partial charge on any atom is 0.233 e. The first-order chi connectivity index (χ1) is 11.5. The summed E-state index contributed by atoms with van der Waals surface area (Å²) >= 11 is 0. The molecule has 24 heavy (non-hydrogen) atoms. The summed E-state index contributed by atoms with van der Waals surface area (Å²) in [5.74, 6) is -2.37. The number of hydrogen-bond acceptors (Lipinski definition) is 2. The predicted molar refractivity (Wildman–Crippen MR) is 85.9 cm³/mol. The molecule has 0 saturated carbocycles. The summed E-state index contributed by atoms with van der Waals surface area (Å²) in [4.78, 5) is 11.8. The lowest BCUT2D eigenvalue weighted by atomic mass is 10.1. The molecule has 0 radical (unpaired) electrons. The van der Waals surface area contributed by atoms with Gasteiger partial charge in [0.15, 0.2) is 11.6 Å². The molecule has 6 heteroatoms. The highest BCUT2D eigenvalue weighted by Crippen LogP contribution is 2.15. The number of carbonyl (C=O) groups excluding carboxylic acids is 1. The third-order valence-corrected chi connectivity index (χ3v) is 3.69. The van der Waals surface area contributed by atoms with Gasteiger partial charge in [0, 0.05) is 12.6 Å². The summed E-state index contributed by atoms with van der Waals surface area (Å²) < 4.78 is 39.5. The van der Waals surface area contributed by atoms with Crippen molar-refractivity contribution < 1.29 is 18.0 Å². The summed E-state index contributed by atoms with van der Waals surface area (Å²) in [5, 5.41) is 5.61. The zero-order chi connectivity index (χ0) is 17.5. The van der Waals surface area contributed by atoms with Crippen LogP contribution in [0.2, 0.25) is 0 Å². The van der Waals surface area contributed by atoms with E-state index in [0.717, 1.165) is 12.1 Å². The highest BCUT2D eigenvalue weighted by atomic mass is 19.2. The molecule has 0 heterocycles. The molecule has 2 N–H and O–H groups in total. The molecule has 0 bridgehead atoms. The van der Waals surface area contributed by atoms with E-state index in [-0.39, 0.29) is 24.3 Å². The molecule has 0 unspecified atom stereocenters. The zero-order valence-electron chi connectivity index (χ0n) is 13.3. The Labute approximate surface area is 138 Å². The fourth-order valence-corrected chi connectivity index (χ4v) is 2.25. The lowest BCUT2D eigenvalue weighted by molar-refractivity contribution is -0.120. The van der Waals surface area contributed by atoms with Gasteiger partial charge in [0.25, 0.3) is 0 Å². The van der Waals surface area contributed by atoms with Gasteiger partial charge in [-0.25, -0.2) is 13.2 Å². The largest absolute Gasteiger partial charge is 0.355 e. The van der Waals surface area contributed by atoms with E-state index in [4.69, 9.17) is 0 Å². The van der Waals surface area contributed by atoms with Crippen LogP contribution in [0.25, 0.3) is 0 Å². The van der Waals surface area contributed by atoms with Crippen LogP contribution in [-0.4, -0.2) is 19.0 Å². The molecular formula is C18H19F3N2O. The second-order valence-electron chi connectivity index (χ2n) is 5.47. The molecule has 0 aromatic heterocycles. The minimum atomic E-state index is -0.921. The lowest BCUT2D eigenvalue weighted by Gasteiger charge is -2.14. The number of halogens is 3. The molecule has 2 rings (SSSR count). The molecule has 2 aromatic carbocycles. The summed E-state index contributed by atoms with van der Waals surface area (Å²) in [6.07, 6.45) is 0.400. The first-order valence-electron chi connectivity index (χ1n) is 7.66. The number of rotatable bonds is 7. The average molecular weight is 336 g/mol. The smallest absolute Gasteiger partial charge is 0.233 e. The molecule has 1 atom stereocenters. The number of hydrogen-bond donors (Lipinski definition) is 2. The van der Waals surface area contributed by atoms with Crippen LogP contribution in [0.3, 0.4) is 0 Å². The van der Waals surface area contributed by atoms with E-state index in [0.29, 0.717) is 24.1 Å². The normalized spacial score (nSPS) is 12.0. The molecule has 0 aliphatic carbocycles. The van der Waals surface area contributed by atoms with E-state index in [2.05, 4.69) is 10.6 Å². The SMILES string of the molecule is C[C@H](NCC(=O)NCCc1ccccc1F)c1ccc(F)c(F)c1. The topological polar surface area (TPSA) is 41.1 Å². The molecule has 128 valence electrons. The minimum absolute atomic E-state index is 0.0252. The fourth-order valence-electron chi connectivity index (χ4n) is 2.25. The van der Waals surface area contributed by atoms with Crippen LogP contribution in [0.1, 0.15) is 24.1 Å². The first kappa shape index (κ1) is 18.0. The Kier molecular flexibility index (Phi) is 6.37. The van der Waals surface area contributed by atoms with Gasteiger partial charge in [0.2, 0.25) is 5.91 Å². The van der Waals surface area contributed by atoms with Crippen molar-refractivity contribution in [1.82, 2.24) is 10.6 Å². The van der Waals surface area contributed by atoms with E-state index in [1.165, 1.54) is 12.1 Å². The van der Waals surface area contributed by atoms with Crippen LogP contribution < -0.4 is 10.6 Å². The van der Waals surface area contributed by atoms with Crippen molar-refractivity contribution in [3.05, 3.63) is 71.0 Å². The van der Waals surface area contributed by atoms with Crippen LogP contribution in [0.4, 0.5) is 13.2 Å². The van der Waals surface area contributed by atoms with Crippen molar-refractivity contribution in [2.24, 2.45) is 0 Å². The van der Waals surface area contributed by atoms with Gasteiger partial charge in [-0.3, -0.25) is 4.79 Å². The first-order valence-corrected chi connectivity index (χ1v) is 7.66. The standard InChI is InChI=1S/C18H19F3N2O/c1-12(14-6-7-16(20)17(21)10-14)23-11-18(24)22-9-8-13-4-2-3-5-15(13)19/h2-7,10,12,23H,8-9,11H2,1H3,(H,22,24)/t12-/m0/s1. The molecule has 0 aliphatic heterocycles. The second-order valence-corrected chi connectivity index (χ2v) is 5.47. The Bertz CT molecular complexity index is 706. The van der Waals surface area contributed by atoms with Gasteiger partial charge in [0.05, 0.1) is 6.54 Å². The highest BCUT2D eigenvalue weighted by Gasteiger charge is 2.10. The molecular weight excluding hydrogens is 317 g/mol. The van der Waals surface area contributed by atoms with Crippen LogP contribution in [0.5, 0.6) is 0 Å². The second kappa shape index (κ2) is 8.49. The van der Waals surface area contributed by atoms with Gasteiger partial charge in [-0.05, 0) is 42.7 Å². The molecule has 3 nitrogen and oxygen atoms in total. The third-order valence-electron chi connectivity index (χ3n) is 3.69. The molecule has 0 spiro atoms. The van der Waals surface area contributed by atoms with E-state index in [1.807, 2.05) is 0 Å². The van der Waals surface area contributed by atoms with E-state index < -0.39 is 11.6 Å². The van der Waals surface area contributed by atoms with Gasteiger partial charge in [-0.1, -0.05) is 24.3 Å². The Hall–Kier alpha value is -2.34. The molecule has 1 amide bonds. The monoisotopic (exact) mass is 336 g/mol. The Balaban J connectivity index is 1.74. The van der Waals surface area contributed by atoms with Crippen LogP contribution in [0.15, 0.2) is 42.5 Å².